The van der Waals surface area contributed by atoms with E-state index in [2.05, 4.69) is 5.32 Å². The van der Waals surface area contributed by atoms with Crippen LogP contribution in [0.5, 0.6) is 0 Å². The summed E-state index contributed by atoms with van der Waals surface area (Å²) in [6, 6.07) is 0.148. The number of hydrogen-bond donors (Lipinski definition) is 1. The minimum absolute atomic E-state index is 0.0322. The topological polar surface area (TPSA) is 66.5 Å². The molecule has 1 N–H and O–H groups in total. The second-order valence-corrected chi connectivity index (χ2v) is 9.43. The fourth-order valence-corrected chi connectivity index (χ4v) is 6.08. The average Bonchev–Trinajstić information content (AvgIpc) is 2.96. The van der Waals surface area contributed by atoms with E-state index in [-0.39, 0.29) is 23.6 Å². The molecule has 3 rings (SSSR count). The van der Waals surface area contributed by atoms with Crippen molar-refractivity contribution in [3.05, 3.63) is 0 Å². The first kappa shape index (κ1) is 16.1. The van der Waals surface area contributed by atoms with Crippen molar-refractivity contribution in [2.24, 2.45) is 5.92 Å². The highest BCUT2D eigenvalue weighted by atomic mass is 32.2. The normalized spacial score (nSPS) is 32.8. The van der Waals surface area contributed by atoms with Crippen molar-refractivity contribution in [1.82, 2.24) is 10.2 Å². The Morgan fingerprint density at radius 2 is 1.73 bits per heavy atom. The molecule has 1 aliphatic carbocycles. The summed E-state index contributed by atoms with van der Waals surface area (Å²) < 4.78 is 23.4. The van der Waals surface area contributed by atoms with Crippen molar-refractivity contribution >= 4 is 15.9 Å². The highest BCUT2D eigenvalue weighted by Gasteiger charge is 2.36. The van der Waals surface area contributed by atoms with Crippen LogP contribution in [0, 0.1) is 5.92 Å². The molecule has 2 amide bonds. The zero-order chi connectivity index (χ0) is 15.6. The van der Waals surface area contributed by atoms with E-state index in [4.69, 9.17) is 0 Å². The van der Waals surface area contributed by atoms with Gasteiger partial charge in [0.15, 0.2) is 9.84 Å². The minimum Gasteiger partial charge on any atom is -0.334 e. The quantitative estimate of drug-likeness (QED) is 0.846. The van der Waals surface area contributed by atoms with E-state index in [0.29, 0.717) is 18.4 Å². The molecule has 0 spiro atoms. The Morgan fingerprint density at radius 1 is 0.955 bits per heavy atom. The Balaban J connectivity index is 1.58. The Hall–Kier alpha value is -0.780. The van der Waals surface area contributed by atoms with Crippen molar-refractivity contribution < 1.29 is 13.2 Å². The van der Waals surface area contributed by atoms with Crippen LogP contribution in [0.1, 0.15) is 57.8 Å². The van der Waals surface area contributed by atoms with E-state index in [1.165, 1.54) is 32.1 Å². The monoisotopic (exact) mass is 328 g/mol. The number of hydrogen-bond acceptors (Lipinski definition) is 3. The SMILES string of the molecule is O=C(N[C@H]1CCCS(=O)(=O)C1)N1CCC[C@@H]1C1CCCCC1. The van der Waals surface area contributed by atoms with Crippen LogP contribution in [0.3, 0.4) is 0 Å². The van der Waals surface area contributed by atoms with Gasteiger partial charge in [-0.25, -0.2) is 13.2 Å². The third kappa shape index (κ3) is 3.76. The summed E-state index contributed by atoms with van der Waals surface area (Å²) in [4.78, 5) is 14.6. The molecule has 0 unspecified atom stereocenters. The first-order valence-electron chi connectivity index (χ1n) is 8.83. The molecule has 22 heavy (non-hydrogen) atoms. The Kier molecular flexibility index (Phi) is 4.95. The maximum atomic E-state index is 12.6. The number of nitrogens with one attached hydrogen (secondary N) is 1. The largest absolute Gasteiger partial charge is 0.334 e. The number of carbonyl (C=O) groups is 1. The number of sulfone groups is 1. The van der Waals surface area contributed by atoms with Gasteiger partial charge >= 0.3 is 6.03 Å². The molecule has 0 aromatic rings. The van der Waals surface area contributed by atoms with E-state index in [0.717, 1.165) is 25.8 Å². The van der Waals surface area contributed by atoms with E-state index >= 15 is 0 Å². The standard InChI is InChI=1S/C16H28N2O3S/c19-16(17-14-8-5-11-22(20,21)12-14)18-10-4-9-15(18)13-6-2-1-3-7-13/h13-15H,1-12H2,(H,17,19)/t14-,15+/m0/s1. The summed E-state index contributed by atoms with van der Waals surface area (Å²) >= 11 is 0. The third-order valence-electron chi connectivity index (χ3n) is 5.54. The summed E-state index contributed by atoms with van der Waals surface area (Å²) in [5.41, 5.74) is 0. The summed E-state index contributed by atoms with van der Waals surface area (Å²) in [7, 11) is -2.97. The van der Waals surface area contributed by atoms with Crippen LogP contribution in [0.4, 0.5) is 4.79 Å². The molecule has 2 aliphatic heterocycles. The molecule has 2 atom stereocenters. The number of likely N-dealkylation sites (tertiary alicyclic amines) is 1. The fraction of sp³-hybridized carbons (Fsp3) is 0.938. The lowest BCUT2D eigenvalue weighted by molar-refractivity contribution is 0.153. The number of amides is 2. The molecule has 2 saturated heterocycles. The summed E-state index contributed by atoms with van der Waals surface area (Å²) in [6.07, 6.45) is 10.0. The van der Waals surface area contributed by atoms with Crippen molar-refractivity contribution in [3.63, 3.8) is 0 Å². The summed E-state index contributed by atoms with van der Waals surface area (Å²) in [5.74, 6) is 1.03. The number of rotatable bonds is 2. The molecule has 0 radical (unpaired) electrons. The van der Waals surface area contributed by atoms with Gasteiger partial charge in [0.2, 0.25) is 0 Å². The Bertz CT molecular complexity index is 500. The third-order valence-corrected chi connectivity index (χ3v) is 7.37. The second kappa shape index (κ2) is 6.77. The first-order valence-corrected chi connectivity index (χ1v) is 10.6. The minimum atomic E-state index is -2.97. The highest BCUT2D eigenvalue weighted by molar-refractivity contribution is 7.91. The number of carbonyl (C=O) groups excluding carboxylic acids is 1. The predicted octanol–water partition coefficient (Wildman–Crippen LogP) is 2.32. The molecular weight excluding hydrogens is 300 g/mol. The van der Waals surface area contributed by atoms with Gasteiger partial charge in [-0.1, -0.05) is 19.3 Å². The first-order chi connectivity index (χ1) is 10.6. The van der Waals surface area contributed by atoms with Crippen LogP contribution in [-0.4, -0.2) is 49.5 Å². The van der Waals surface area contributed by atoms with Crippen molar-refractivity contribution in [2.75, 3.05) is 18.1 Å². The van der Waals surface area contributed by atoms with E-state index < -0.39 is 9.84 Å². The van der Waals surface area contributed by atoms with Gasteiger partial charge in [-0.3, -0.25) is 0 Å². The van der Waals surface area contributed by atoms with Gasteiger partial charge in [0.05, 0.1) is 11.5 Å². The smallest absolute Gasteiger partial charge is 0.317 e. The van der Waals surface area contributed by atoms with Crippen molar-refractivity contribution in [3.8, 4) is 0 Å². The molecule has 6 heteroatoms. The van der Waals surface area contributed by atoms with Gasteiger partial charge in [-0.05, 0) is 44.4 Å². The second-order valence-electron chi connectivity index (χ2n) is 7.20. The molecule has 3 fully saturated rings. The van der Waals surface area contributed by atoms with Crippen LogP contribution >= 0.6 is 0 Å². The van der Waals surface area contributed by atoms with Crippen LogP contribution < -0.4 is 5.32 Å². The molecule has 3 aliphatic rings. The predicted molar refractivity (Wildman–Crippen MR) is 86.5 cm³/mol. The lowest BCUT2D eigenvalue weighted by atomic mass is 9.83. The van der Waals surface area contributed by atoms with Gasteiger partial charge in [0.25, 0.3) is 0 Å². The maximum Gasteiger partial charge on any atom is 0.317 e. The van der Waals surface area contributed by atoms with Crippen LogP contribution in [0.15, 0.2) is 0 Å². The maximum absolute atomic E-state index is 12.6. The fourth-order valence-electron chi connectivity index (χ4n) is 4.45. The molecule has 126 valence electrons. The van der Waals surface area contributed by atoms with Gasteiger partial charge in [0.1, 0.15) is 0 Å². The molecule has 0 bridgehead atoms. The average molecular weight is 328 g/mol. The van der Waals surface area contributed by atoms with Crippen LogP contribution in [0.25, 0.3) is 0 Å². The van der Waals surface area contributed by atoms with E-state index in [1.807, 2.05) is 4.90 Å². The van der Waals surface area contributed by atoms with Crippen LogP contribution in [-0.2, 0) is 9.84 Å². The number of nitrogens with zero attached hydrogens (tertiary/aromatic N) is 1. The Labute approximate surface area is 133 Å². The highest BCUT2D eigenvalue weighted by Crippen LogP contribution is 2.34. The Morgan fingerprint density at radius 3 is 2.45 bits per heavy atom. The van der Waals surface area contributed by atoms with Crippen molar-refractivity contribution in [1.29, 1.82) is 0 Å². The van der Waals surface area contributed by atoms with Gasteiger partial charge in [0, 0.05) is 18.6 Å². The summed E-state index contributed by atoms with van der Waals surface area (Å²) in [5, 5.41) is 2.99. The molecule has 2 heterocycles. The molecule has 0 aromatic heterocycles. The summed E-state index contributed by atoms with van der Waals surface area (Å²) in [6.45, 7) is 0.826. The van der Waals surface area contributed by atoms with Gasteiger partial charge < -0.3 is 10.2 Å². The molecular formula is C16H28N2O3S. The van der Waals surface area contributed by atoms with Crippen molar-refractivity contribution in [2.45, 2.75) is 69.9 Å². The molecule has 0 aromatic carbocycles. The zero-order valence-corrected chi connectivity index (χ0v) is 14.1. The molecule has 5 nitrogen and oxygen atoms in total. The lowest BCUT2D eigenvalue weighted by Crippen LogP contribution is -2.51. The van der Waals surface area contributed by atoms with Crippen LogP contribution in [0.2, 0.25) is 0 Å². The lowest BCUT2D eigenvalue weighted by Gasteiger charge is -2.35. The molecule has 1 saturated carbocycles. The van der Waals surface area contributed by atoms with E-state index in [9.17, 15) is 13.2 Å². The number of urea groups is 1. The van der Waals surface area contributed by atoms with E-state index in [1.54, 1.807) is 0 Å². The van der Waals surface area contributed by atoms with Gasteiger partial charge in [-0.2, -0.15) is 0 Å². The van der Waals surface area contributed by atoms with Gasteiger partial charge in [-0.15, -0.1) is 0 Å². The zero-order valence-electron chi connectivity index (χ0n) is 13.3.